The number of methoxy groups -OCH3 is 1. The van der Waals surface area contributed by atoms with Crippen molar-refractivity contribution in [3.63, 3.8) is 0 Å². The third kappa shape index (κ3) is 2.41. The zero-order valence-corrected chi connectivity index (χ0v) is 12.8. The minimum Gasteiger partial charge on any atom is -0.465 e. The zero-order chi connectivity index (χ0) is 17.5. The second kappa shape index (κ2) is 5.52. The number of aliphatic imine (C=N–C) groups is 2. The van der Waals surface area contributed by atoms with Crippen molar-refractivity contribution in [3.05, 3.63) is 47.5 Å². The van der Waals surface area contributed by atoms with Gasteiger partial charge in [-0.3, -0.25) is 4.90 Å². The quantitative estimate of drug-likeness (QED) is 0.761. The number of nitrogens with zero attached hydrogens (tertiary/aromatic N) is 3. The van der Waals surface area contributed by atoms with Gasteiger partial charge in [0.25, 0.3) is 0 Å². The average Bonchev–Trinajstić information content (AvgIpc) is 3.06. The lowest BCUT2D eigenvalue weighted by Gasteiger charge is -2.35. The maximum atomic E-state index is 13.7. The van der Waals surface area contributed by atoms with E-state index in [1.165, 1.54) is 41.6 Å². The van der Waals surface area contributed by atoms with Crippen LogP contribution in [0.2, 0.25) is 0 Å². The van der Waals surface area contributed by atoms with Crippen molar-refractivity contribution in [2.75, 3.05) is 7.11 Å². The van der Waals surface area contributed by atoms with Crippen LogP contribution in [0.3, 0.4) is 0 Å². The van der Waals surface area contributed by atoms with Crippen LogP contribution in [0, 0.1) is 0 Å². The molecule has 6 nitrogen and oxygen atoms in total. The molecular weight excluding hydrogens is 351 g/mol. The standard InChI is InChI=1S/C14H9ClF3N3O3/c1-23-12(22)13(14(16,17)18)19-10-5-4-8(15)7-21(10)11(20-13)9-3-2-6-24-9/h2-7H,1H3/t13-/m0/s1. The minimum absolute atomic E-state index is 0.0101. The maximum absolute atomic E-state index is 13.7. The number of ether oxygens (including phenoxy) is 1. The molecule has 2 aliphatic heterocycles. The molecule has 1 atom stereocenters. The van der Waals surface area contributed by atoms with E-state index < -0.39 is 17.8 Å². The smallest absolute Gasteiger partial charge is 0.445 e. The molecule has 0 saturated carbocycles. The van der Waals surface area contributed by atoms with Gasteiger partial charge in [0.05, 0.1) is 18.4 Å². The second-order valence-electron chi connectivity index (χ2n) is 4.76. The normalized spacial score (nSPS) is 23.2. The molecule has 0 unspecified atom stereocenters. The zero-order valence-electron chi connectivity index (χ0n) is 12.0. The largest absolute Gasteiger partial charge is 0.465 e. The number of esters is 1. The fraction of sp³-hybridized carbons (Fsp3) is 0.214. The van der Waals surface area contributed by atoms with Gasteiger partial charge in [0.1, 0.15) is 5.84 Å². The van der Waals surface area contributed by atoms with E-state index in [0.717, 1.165) is 7.11 Å². The Morgan fingerprint density at radius 2 is 2.12 bits per heavy atom. The number of furan rings is 1. The molecule has 3 heterocycles. The minimum atomic E-state index is -5.12. The van der Waals surface area contributed by atoms with Gasteiger partial charge in [-0.2, -0.15) is 13.2 Å². The average molecular weight is 360 g/mol. The van der Waals surface area contributed by atoms with Crippen molar-refractivity contribution in [2.24, 2.45) is 9.98 Å². The molecule has 0 saturated heterocycles. The molecule has 126 valence electrons. The van der Waals surface area contributed by atoms with Gasteiger partial charge in [0.15, 0.2) is 11.6 Å². The molecule has 24 heavy (non-hydrogen) atoms. The van der Waals surface area contributed by atoms with Crippen LogP contribution in [-0.4, -0.2) is 41.5 Å². The van der Waals surface area contributed by atoms with Crippen molar-refractivity contribution in [3.8, 4) is 0 Å². The Kier molecular flexibility index (Phi) is 3.75. The lowest BCUT2D eigenvalue weighted by Crippen LogP contribution is -2.55. The van der Waals surface area contributed by atoms with E-state index in [9.17, 15) is 18.0 Å². The molecule has 1 aromatic heterocycles. The lowest BCUT2D eigenvalue weighted by molar-refractivity contribution is -0.202. The summed E-state index contributed by atoms with van der Waals surface area (Å²) >= 11 is 5.89. The van der Waals surface area contributed by atoms with Gasteiger partial charge in [-0.05, 0) is 24.3 Å². The molecule has 0 radical (unpaired) electrons. The van der Waals surface area contributed by atoms with Crippen LogP contribution in [-0.2, 0) is 9.53 Å². The summed E-state index contributed by atoms with van der Waals surface area (Å²) in [6.45, 7) is 0. The Bertz CT molecular complexity index is 796. The van der Waals surface area contributed by atoms with E-state index in [2.05, 4.69) is 14.7 Å². The summed E-state index contributed by atoms with van der Waals surface area (Å²) in [6.07, 6.45) is 0.0562. The van der Waals surface area contributed by atoms with Crippen LogP contribution in [0.1, 0.15) is 5.76 Å². The molecule has 0 amide bonds. The third-order valence-corrected chi connectivity index (χ3v) is 3.49. The summed E-state index contributed by atoms with van der Waals surface area (Å²) in [5.41, 5.74) is -3.42. The number of carbonyl (C=O) groups excluding carboxylic acids is 1. The Morgan fingerprint density at radius 3 is 2.71 bits per heavy atom. The monoisotopic (exact) mass is 359 g/mol. The highest BCUT2D eigenvalue weighted by atomic mass is 35.5. The van der Waals surface area contributed by atoms with Crippen molar-refractivity contribution < 1.29 is 27.1 Å². The Balaban J connectivity index is 2.26. The van der Waals surface area contributed by atoms with Crippen LogP contribution in [0.4, 0.5) is 13.2 Å². The van der Waals surface area contributed by atoms with Crippen LogP contribution in [0.5, 0.6) is 0 Å². The predicted molar refractivity (Wildman–Crippen MR) is 78.4 cm³/mol. The highest BCUT2D eigenvalue weighted by molar-refractivity contribution is 6.32. The Labute approximate surface area is 138 Å². The van der Waals surface area contributed by atoms with E-state index in [-0.39, 0.29) is 22.5 Å². The van der Waals surface area contributed by atoms with E-state index in [1.54, 1.807) is 0 Å². The second-order valence-corrected chi connectivity index (χ2v) is 5.20. The number of fused-ring (bicyclic) bond motifs is 1. The molecule has 1 aromatic rings. The predicted octanol–water partition coefficient (Wildman–Crippen LogP) is 2.82. The molecule has 2 aliphatic rings. The summed E-state index contributed by atoms with van der Waals surface area (Å²) in [4.78, 5) is 20.2. The lowest BCUT2D eigenvalue weighted by atomic mass is 10.1. The molecule has 10 heteroatoms. The summed E-state index contributed by atoms with van der Waals surface area (Å²) < 4.78 is 50.4. The first-order chi connectivity index (χ1) is 11.3. The number of hydrogen-bond donors (Lipinski definition) is 0. The molecule has 0 aliphatic carbocycles. The van der Waals surface area contributed by atoms with Gasteiger partial charge in [-0.25, -0.2) is 14.8 Å². The summed E-state index contributed by atoms with van der Waals surface area (Å²) in [5, 5.41) is 0.241. The van der Waals surface area contributed by atoms with Crippen LogP contribution < -0.4 is 0 Å². The first-order valence-electron chi connectivity index (χ1n) is 6.52. The molecule has 0 N–H and O–H groups in total. The van der Waals surface area contributed by atoms with Crippen molar-refractivity contribution in [2.45, 2.75) is 11.8 Å². The van der Waals surface area contributed by atoms with Crippen molar-refractivity contribution >= 4 is 29.2 Å². The van der Waals surface area contributed by atoms with Gasteiger partial charge in [0, 0.05) is 6.20 Å². The number of amidine groups is 2. The Morgan fingerprint density at radius 1 is 1.38 bits per heavy atom. The fourth-order valence-electron chi connectivity index (χ4n) is 2.18. The molecule has 0 fully saturated rings. The van der Waals surface area contributed by atoms with E-state index in [4.69, 9.17) is 16.0 Å². The van der Waals surface area contributed by atoms with Gasteiger partial charge in [-0.15, -0.1) is 0 Å². The van der Waals surface area contributed by atoms with Crippen molar-refractivity contribution in [1.29, 1.82) is 0 Å². The van der Waals surface area contributed by atoms with Gasteiger partial charge in [0.2, 0.25) is 0 Å². The maximum Gasteiger partial charge on any atom is 0.445 e. The summed E-state index contributed by atoms with van der Waals surface area (Å²) in [6, 6.07) is 2.88. The van der Waals surface area contributed by atoms with E-state index in [1.807, 2.05) is 0 Å². The first-order valence-corrected chi connectivity index (χ1v) is 6.89. The third-order valence-electron chi connectivity index (χ3n) is 3.27. The van der Waals surface area contributed by atoms with Crippen molar-refractivity contribution in [1.82, 2.24) is 4.90 Å². The number of hydrogen-bond acceptors (Lipinski definition) is 6. The number of alkyl halides is 3. The molecule has 0 bridgehead atoms. The topological polar surface area (TPSA) is 67.4 Å². The molecular formula is C14H9ClF3N3O3. The number of halogens is 4. The summed E-state index contributed by atoms with van der Waals surface area (Å²) in [7, 11) is 0.831. The summed E-state index contributed by atoms with van der Waals surface area (Å²) in [5.74, 6) is -2.09. The van der Waals surface area contributed by atoms with Gasteiger partial charge in [-0.1, -0.05) is 11.6 Å². The number of carbonyl (C=O) groups is 1. The number of rotatable bonds is 2. The van der Waals surface area contributed by atoms with Crippen LogP contribution in [0.25, 0.3) is 0 Å². The number of allylic oxidation sites excluding steroid dienone is 2. The van der Waals surface area contributed by atoms with Crippen LogP contribution in [0.15, 0.2) is 56.2 Å². The molecule has 0 spiro atoms. The highest BCUT2D eigenvalue weighted by Gasteiger charge is 2.65. The van der Waals surface area contributed by atoms with E-state index >= 15 is 0 Å². The van der Waals surface area contributed by atoms with Gasteiger partial charge >= 0.3 is 17.8 Å². The molecule has 0 aromatic carbocycles. The molecule has 3 rings (SSSR count). The highest BCUT2D eigenvalue weighted by Crippen LogP contribution is 2.40. The van der Waals surface area contributed by atoms with E-state index in [0.29, 0.717) is 0 Å². The fourth-order valence-corrected chi connectivity index (χ4v) is 2.34. The van der Waals surface area contributed by atoms with Gasteiger partial charge < -0.3 is 9.15 Å². The SMILES string of the molecule is COC(=O)[C@]1(C(F)(F)F)N=C2C=CC(Cl)=CN2C(c2ccco2)=N1. The van der Waals surface area contributed by atoms with Crippen LogP contribution >= 0.6 is 11.6 Å². The Hall–Kier alpha value is -2.55. The first kappa shape index (κ1) is 16.3.